The summed E-state index contributed by atoms with van der Waals surface area (Å²) in [6.45, 7) is 8.07. The highest BCUT2D eigenvalue weighted by molar-refractivity contribution is 6.31. The summed E-state index contributed by atoms with van der Waals surface area (Å²) >= 11 is 6.52. The van der Waals surface area contributed by atoms with Crippen molar-refractivity contribution < 1.29 is 10.2 Å². The molecule has 1 atom stereocenters. The smallest absolute Gasteiger partial charge is 0.259 e. The van der Waals surface area contributed by atoms with Crippen molar-refractivity contribution in [2.24, 2.45) is 0 Å². The number of aryl methyl sites for hydroxylation is 1. The van der Waals surface area contributed by atoms with E-state index in [1.54, 1.807) is 10.6 Å². The first-order valence-corrected chi connectivity index (χ1v) is 10.1. The van der Waals surface area contributed by atoms with Crippen LogP contribution in [0.25, 0.3) is 0 Å². The number of hydrogen-bond donors (Lipinski definition) is 2. The molecular weight excluding hydrogens is 378 g/mol. The fourth-order valence-corrected chi connectivity index (χ4v) is 4.28. The second-order valence-corrected chi connectivity index (χ2v) is 7.57. The second kappa shape index (κ2) is 9.09. The third kappa shape index (κ3) is 4.10. The van der Waals surface area contributed by atoms with Crippen molar-refractivity contribution in [3.8, 4) is 5.75 Å². The minimum atomic E-state index is -0.420. The number of benzene rings is 1. The number of β-amino-alcohol motifs (C(OH)–C–C–N with tert-alkyl or cyclic N) is 1. The number of hydrogen-bond acceptors (Lipinski definition) is 5. The van der Waals surface area contributed by atoms with Crippen LogP contribution in [-0.2, 0) is 6.54 Å². The molecule has 0 bridgehead atoms. The molecule has 7 heteroatoms. The number of aromatic nitrogens is 1. The molecule has 1 unspecified atom stereocenters. The highest BCUT2D eigenvalue weighted by Crippen LogP contribution is 2.36. The molecule has 0 saturated carbocycles. The van der Waals surface area contributed by atoms with Crippen LogP contribution in [0.1, 0.15) is 29.8 Å². The van der Waals surface area contributed by atoms with Gasteiger partial charge >= 0.3 is 0 Å². The molecule has 0 spiro atoms. The Bertz CT molecular complexity index is 876. The van der Waals surface area contributed by atoms with E-state index in [-0.39, 0.29) is 17.9 Å². The number of pyridine rings is 1. The number of piperazine rings is 1. The van der Waals surface area contributed by atoms with E-state index in [0.717, 1.165) is 37.4 Å². The van der Waals surface area contributed by atoms with Gasteiger partial charge in [-0.1, -0.05) is 29.8 Å². The van der Waals surface area contributed by atoms with Crippen molar-refractivity contribution in [3.05, 3.63) is 62.5 Å². The molecule has 1 aromatic heterocycles. The molecule has 1 saturated heterocycles. The molecular formula is C21H28ClN3O3. The van der Waals surface area contributed by atoms with Crippen LogP contribution in [0.3, 0.4) is 0 Å². The lowest BCUT2D eigenvalue weighted by Crippen LogP contribution is -2.49. The number of nitrogens with zero attached hydrogens (tertiary/aromatic N) is 3. The normalized spacial score (nSPS) is 17.0. The number of aliphatic hydroxyl groups excluding tert-OH is 1. The molecule has 1 aromatic carbocycles. The van der Waals surface area contributed by atoms with E-state index in [1.165, 1.54) is 0 Å². The lowest BCUT2D eigenvalue weighted by Gasteiger charge is -2.39. The van der Waals surface area contributed by atoms with Crippen LogP contribution in [0.15, 0.2) is 35.1 Å². The minimum absolute atomic E-state index is 0.00917. The summed E-state index contributed by atoms with van der Waals surface area (Å²) in [6, 6.07) is 8.74. The van der Waals surface area contributed by atoms with Gasteiger partial charge in [-0.25, -0.2) is 0 Å². The maximum absolute atomic E-state index is 13.3. The van der Waals surface area contributed by atoms with Gasteiger partial charge in [0.15, 0.2) is 0 Å². The van der Waals surface area contributed by atoms with Gasteiger partial charge in [0.25, 0.3) is 5.56 Å². The van der Waals surface area contributed by atoms with Crippen LogP contribution < -0.4 is 5.56 Å². The van der Waals surface area contributed by atoms with Crippen LogP contribution in [-0.4, -0.2) is 63.9 Å². The summed E-state index contributed by atoms with van der Waals surface area (Å²) in [4.78, 5) is 17.7. The van der Waals surface area contributed by atoms with E-state index in [4.69, 9.17) is 11.6 Å². The van der Waals surface area contributed by atoms with Gasteiger partial charge in [0.05, 0.1) is 18.2 Å². The van der Waals surface area contributed by atoms with Gasteiger partial charge in [-0.3, -0.25) is 14.6 Å². The Morgan fingerprint density at radius 3 is 2.46 bits per heavy atom. The molecule has 0 aliphatic carbocycles. The first kappa shape index (κ1) is 20.9. The number of halogens is 1. The van der Waals surface area contributed by atoms with Crippen molar-refractivity contribution in [1.29, 1.82) is 0 Å². The van der Waals surface area contributed by atoms with E-state index in [9.17, 15) is 15.0 Å². The Morgan fingerprint density at radius 1 is 1.18 bits per heavy atom. The van der Waals surface area contributed by atoms with Gasteiger partial charge in [0, 0.05) is 50.0 Å². The molecule has 0 amide bonds. The maximum atomic E-state index is 13.3. The van der Waals surface area contributed by atoms with Gasteiger partial charge in [-0.15, -0.1) is 0 Å². The third-order valence-electron chi connectivity index (χ3n) is 5.50. The predicted octanol–water partition coefficient (Wildman–Crippen LogP) is 2.23. The summed E-state index contributed by atoms with van der Waals surface area (Å²) in [5.74, 6) is 0.00917. The summed E-state index contributed by atoms with van der Waals surface area (Å²) in [5, 5.41) is 20.5. The molecule has 2 N–H and O–H groups in total. The average Bonchev–Trinajstić information content (AvgIpc) is 2.67. The molecule has 28 heavy (non-hydrogen) atoms. The maximum Gasteiger partial charge on any atom is 0.259 e. The van der Waals surface area contributed by atoms with E-state index in [1.807, 2.05) is 38.1 Å². The zero-order chi connectivity index (χ0) is 20.3. The standard InChI is InChI=1S/C21H28ClN3O3/c1-3-25-15(2)14-18(27)19(21(25)28)20(16-6-4-5-7-17(16)22)24-10-8-23(9-11-24)12-13-26/h4-7,14,20,26-27H,3,8-13H2,1-2H3. The molecule has 152 valence electrons. The second-order valence-electron chi connectivity index (χ2n) is 7.16. The van der Waals surface area contributed by atoms with Gasteiger partial charge in [0.1, 0.15) is 5.75 Å². The molecule has 3 rings (SSSR count). The van der Waals surface area contributed by atoms with Crippen molar-refractivity contribution in [2.45, 2.75) is 26.4 Å². The number of aromatic hydroxyl groups is 1. The van der Waals surface area contributed by atoms with Crippen LogP contribution >= 0.6 is 11.6 Å². The first-order chi connectivity index (χ1) is 13.5. The van der Waals surface area contributed by atoms with Gasteiger partial charge in [-0.2, -0.15) is 0 Å². The van der Waals surface area contributed by atoms with Gasteiger partial charge in [0.2, 0.25) is 0 Å². The summed E-state index contributed by atoms with van der Waals surface area (Å²) in [5.41, 5.74) is 1.75. The van der Waals surface area contributed by atoms with Gasteiger partial charge < -0.3 is 14.8 Å². The highest BCUT2D eigenvalue weighted by Gasteiger charge is 2.32. The van der Waals surface area contributed by atoms with E-state index < -0.39 is 6.04 Å². The number of rotatable bonds is 6. The molecule has 6 nitrogen and oxygen atoms in total. The average molecular weight is 406 g/mol. The van der Waals surface area contributed by atoms with Crippen LogP contribution in [0.5, 0.6) is 5.75 Å². The summed E-state index contributed by atoms with van der Waals surface area (Å²) in [6.07, 6.45) is 0. The fourth-order valence-electron chi connectivity index (χ4n) is 4.04. The topological polar surface area (TPSA) is 68.9 Å². The quantitative estimate of drug-likeness (QED) is 0.771. The molecule has 0 radical (unpaired) electrons. The van der Waals surface area contributed by atoms with Crippen molar-refractivity contribution in [1.82, 2.24) is 14.4 Å². The first-order valence-electron chi connectivity index (χ1n) is 9.72. The Labute approximate surface area is 170 Å². The fraction of sp³-hybridized carbons (Fsp3) is 0.476. The lowest BCUT2D eigenvalue weighted by molar-refractivity contribution is 0.0932. The van der Waals surface area contributed by atoms with Crippen LogP contribution in [0.4, 0.5) is 0 Å². The Balaban J connectivity index is 2.09. The third-order valence-corrected chi connectivity index (χ3v) is 5.84. The predicted molar refractivity (Wildman–Crippen MR) is 111 cm³/mol. The zero-order valence-corrected chi connectivity index (χ0v) is 17.2. The van der Waals surface area contributed by atoms with E-state index >= 15 is 0 Å². The number of aliphatic hydroxyl groups is 1. The largest absolute Gasteiger partial charge is 0.507 e. The summed E-state index contributed by atoms with van der Waals surface area (Å²) < 4.78 is 1.68. The Hall–Kier alpha value is -1.86. The van der Waals surface area contributed by atoms with Crippen LogP contribution in [0.2, 0.25) is 5.02 Å². The Kier molecular flexibility index (Phi) is 6.78. The molecule has 1 aliphatic heterocycles. The molecule has 2 heterocycles. The zero-order valence-electron chi connectivity index (χ0n) is 16.4. The minimum Gasteiger partial charge on any atom is -0.507 e. The molecule has 1 fully saturated rings. The van der Waals surface area contributed by atoms with Crippen molar-refractivity contribution in [3.63, 3.8) is 0 Å². The van der Waals surface area contributed by atoms with Crippen LogP contribution in [0, 0.1) is 6.92 Å². The highest BCUT2D eigenvalue weighted by atomic mass is 35.5. The van der Waals surface area contributed by atoms with E-state index in [0.29, 0.717) is 23.7 Å². The molecule has 2 aromatic rings. The summed E-state index contributed by atoms with van der Waals surface area (Å²) in [7, 11) is 0. The van der Waals surface area contributed by atoms with Gasteiger partial charge in [-0.05, 0) is 31.5 Å². The lowest BCUT2D eigenvalue weighted by atomic mass is 9.96. The molecule has 1 aliphatic rings. The monoisotopic (exact) mass is 405 g/mol. The van der Waals surface area contributed by atoms with Crippen molar-refractivity contribution >= 4 is 11.6 Å². The SMILES string of the molecule is CCn1c(C)cc(O)c(C(c2ccccc2Cl)N2CCN(CCO)CC2)c1=O. The van der Waals surface area contributed by atoms with Crippen molar-refractivity contribution in [2.75, 3.05) is 39.3 Å². The van der Waals surface area contributed by atoms with E-state index in [2.05, 4.69) is 9.80 Å². The Morgan fingerprint density at radius 2 is 1.86 bits per heavy atom.